The summed E-state index contributed by atoms with van der Waals surface area (Å²) in [5, 5.41) is 3.91. The molecule has 0 radical (unpaired) electrons. The molecule has 3 nitrogen and oxygen atoms in total. The highest BCUT2D eigenvalue weighted by Gasteiger charge is 2.07. The van der Waals surface area contributed by atoms with Crippen molar-refractivity contribution >= 4 is 39.2 Å². The Bertz CT molecular complexity index is 537. The Hall–Kier alpha value is -1.000. The lowest BCUT2D eigenvalue weighted by molar-refractivity contribution is 0.771. The minimum Gasteiger partial charge on any atom is -0.324 e. The van der Waals surface area contributed by atoms with Gasteiger partial charge >= 0.3 is 0 Å². The number of rotatable bonds is 3. The maximum atomic E-state index is 6.15. The smallest absolute Gasteiger partial charge is 0.207 e. The fourth-order valence-electron chi connectivity index (χ4n) is 1.60. The quantitative estimate of drug-likeness (QED) is 0.911. The number of halogens is 2. The average molecular weight is 315 g/mol. The molecule has 0 aliphatic heterocycles. The fourth-order valence-corrected chi connectivity index (χ4v) is 2.32. The highest BCUT2D eigenvalue weighted by atomic mass is 79.9. The first kappa shape index (κ1) is 12.5. The predicted molar refractivity (Wildman–Crippen MR) is 75.1 cm³/mol. The zero-order valence-electron chi connectivity index (χ0n) is 9.67. The predicted octanol–water partition coefficient (Wildman–Crippen LogP) is 4.37. The zero-order valence-corrected chi connectivity index (χ0v) is 12.0. The molecule has 2 rings (SSSR count). The first-order valence-corrected chi connectivity index (χ1v) is 6.53. The van der Waals surface area contributed by atoms with Crippen LogP contribution in [-0.2, 0) is 6.54 Å². The topological polar surface area (TPSA) is 29.9 Å². The molecule has 0 spiro atoms. The van der Waals surface area contributed by atoms with Crippen LogP contribution >= 0.6 is 27.5 Å². The largest absolute Gasteiger partial charge is 0.324 e. The molecule has 90 valence electrons. The molecule has 1 aromatic carbocycles. The minimum absolute atomic E-state index is 0.669. The Morgan fingerprint density at radius 2 is 2.24 bits per heavy atom. The Morgan fingerprint density at radius 1 is 1.47 bits per heavy atom. The summed E-state index contributed by atoms with van der Waals surface area (Å²) in [7, 11) is 0. The van der Waals surface area contributed by atoms with Crippen LogP contribution in [0.3, 0.4) is 0 Å². The summed E-state index contributed by atoms with van der Waals surface area (Å²) >= 11 is 9.53. The number of aromatic nitrogens is 2. The SMILES string of the molecule is CCn1cc(C)nc1Nc1ccc(Br)cc1Cl. The molecule has 1 heterocycles. The zero-order chi connectivity index (χ0) is 12.4. The van der Waals surface area contributed by atoms with Crippen LogP contribution in [-0.4, -0.2) is 9.55 Å². The number of hydrogen-bond acceptors (Lipinski definition) is 2. The van der Waals surface area contributed by atoms with Crippen LogP contribution in [0, 0.1) is 6.92 Å². The summed E-state index contributed by atoms with van der Waals surface area (Å²) in [4.78, 5) is 4.42. The van der Waals surface area contributed by atoms with Crippen molar-refractivity contribution in [3.8, 4) is 0 Å². The van der Waals surface area contributed by atoms with E-state index in [-0.39, 0.29) is 0 Å². The average Bonchev–Trinajstić information content (AvgIpc) is 2.63. The number of nitrogens with one attached hydrogen (secondary N) is 1. The van der Waals surface area contributed by atoms with E-state index in [4.69, 9.17) is 11.6 Å². The van der Waals surface area contributed by atoms with E-state index in [1.807, 2.05) is 35.9 Å². The highest BCUT2D eigenvalue weighted by molar-refractivity contribution is 9.10. The van der Waals surface area contributed by atoms with Crippen molar-refractivity contribution < 1.29 is 0 Å². The molecular formula is C12H13BrClN3. The van der Waals surface area contributed by atoms with Gasteiger partial charge in [-0.25, -0.2) is 4.98 Å². The van der Waals surface area contributed by atoms with Gasteiger partial charge in [-0.15, -0.1) is 0 Å². The van der Waals surface area contributed by atoms with E-state index >= 15 is 0 Å². The van der Waals surface area contributed by atoms with E-state index in [9.17, 15) is 0 Å². The summed E-state index contributed by atoms with van der Waals surface area (Å²) in [5.41, 5.74) is 1.85. The molecule has 0 unspecified atom stereocenters. The van der Waals surface area contributed by atoms with Gasteiger partial charge in [0.1, 0.15) is 0 Å². The van der Waals surface area contributed by atoms with Gasteiger partial charge in [0.2, 0.25) is 5.95 Å². The second kappa shape index (κ2) is 5.10. The van der Waals surface area contributed by atoms with Crippen molar-refractivity contribution in [2.45, 2.75) is 20.4 Å². The Balaban J connectivity index is 2.30. The number of aryl methyl sites for hydroxylation is 2. The van der Waals surface area contributed by atoms with E-state index < -0.39 is 0 Å². The van der Waals surface area contributed by atoms with Gasteiger partial charge in [-0.1, -0.05) is 27.5 Å². The third kappa shape index (κ3) is 2.82. The standard InChI is InChI=1S/C12H13BrClN3/c1-3-17-7-8(2)15-12(17)16-11-5-4-9(13)6-10(11)14/h4-7H,3H2,1-2H3,(H,15,16). The molecule has 0 amide bonds. The first-order chi connectivity index (χ1) is 8.10. The van der Waals surface area contributed by atoms with Gasteiger partial charge < -0.3 is 9.88 Å². The fraction of sp³-hybridized carbons (Fsp3) is 0.250. The van der Waals surface area contributed by atoms with Crippen molar-refractivity contribution in [2.75, 3.05) is 5.32 Å². The van der Waals surface area contributed by atoms with E-state index in [1.54, 1.807) is 0 Å². The first-order valence-electron chi connectivity index (χ1n) is 5.36. The molecule has 1 N–H and O–H groups in total. The summed E-state index contributed by atoms with van der Waals surface area (Å²) in [6, 6.07) is 5.73. The molecule has 0 fully saturated rings. The Kier molecular flexibility index (Phi) is 3.74. The van der Waals surface area contributed by atoms with Gasteiger partial charge in [-0.05, 0) is 32.0 Å². The van der Waals surface area contributed by atoms with Gasteiger partial charge in [-0.3, -0.25) is 0 Å². The number of anilines is 2. The summed E-state index contributed by atoms with van der Waals surface area (Å²) < 4.78 is 3.01. The Morgan fingerprint density at radius 3 is 2.88 bits per heavy atom. The van der Waals surface area contributed by atoms with E-state index in [2.05, 4.69) is 33.2 Å². The van der Waals surface area contributed by atoms with Gasteiger partial charge in [0, 0.05) is 17.2 Å². The van der Waals surface area contributed by atoms with Crippen LogP contribution in [0.15, 0.2) is 28.9 Å². The number of hydrogen-bond donors (Lipinski definition) is 1. The third-order valence-electron chi connectivity index (χ3n) is 2.42. The molecular weight excluding hydrogens is 302 g/mol. The van der Waals surface area contributed by atoms with Crippen LogP contribution in [0.1, 0.15) is 12.6 Å². The summed E-state index contributed by atoms with van der Waals surface area (Å²) in [6.45, 7) is 4.92. The third-order valence-corrected chi connectivity index (χ3v) is 3.22. The number of imidazole rings is 1. The second-order valence-corrected chi connectivity index (χ2v) is 5.06. The molecule has 0 aliphatic rings. The van der Waals surface area contributed by atoms with Gasteiger partial charge in [0.25, 0.3) is 0 Å². The van der Waals surface area contributed by atoms with E-state index in [0.29, 0.717) is 5.02 Å². The summed E-state index contributed by atoms with van der Waals surface area (Å²) in [6.07, 6.45) is 2.01. The van der Waals surface area contributed by atoms with Gasteiger partial charge in [-0.2, -0.15) is 0 Å². The van der Waals surface area contributed by atoms with Crippen molar-refractivity contribution in [3.63, 3.8) is 0 Å². The van der Waals surface area contributed by atoms with Gasteiger partial charge in [0.05, 0.1) is 16.4 Å². The summed E-state index contributed by atoms with van der Waals surface area (Å²) in [5.74, 6) is 0.814. The number of nitrogens with zero attached hydrogens (tertiary/aromatic N) is 2. The monoisotopic (exact) mass is 313 g/mol. The second-order valence-electron chi connectivity index (χ2n) is 3.74. The Labute approximate surface area is 114 Å². The maximum Gasteiger partial charge on any atom is 0.207 e. The lowest BCUT2D eigenvalue weighted by atomic mass is 10.3. The van der Waals surface area contributed by atoms with Crippen LogP contribution in [0.5, 0.6) is 0 Å². The number of benzene rings is 1. The van der Waals surface area contributed by atoms with Crippen molar-refractivity contribution in [1.29, 1.82) is 0 Å². The van der Waals surface area contributed by atoms with Crippen LogP contribution in [0.4, 0.5) is 11.6 Å². The molecule has 2 aromatic rings. The lowest BCUT2D eigenvalue weighted by Gasteiger charge is -2.09. The molecule has 17 heavy (non-hydrogen) atoms. The normalized spacial score (nSPS) is 10.6. The van der Waals surface area contributed by atoms with Crippen LogP contribution in [0.2, 0.25) is 5.02 Å². The van der Waals surface area contributed by atoms with E-state index in [0.717, 1.165) is 28.3 Å². The van der Waals surface area contributed by atoms with Crippen molar-refractivity contribution in [1.82, 2.24) is 9.55 Å². The molecule has 0 atom stereocenters. The highest BCUT2D eigenvalue weighted by Crippen LogP contribution is 2.28. The maximum absolute atomic E-state index is 6.15. The van der Waals surface area contributed by atoms with Gasteiger partial charge in [0.15, 0.2) is 0 Å². The van der Waals surface area contributed by atoms with Crippen LogP contribution in [0.25, 0.3) is 0 Å². The van der Waals surface area contributed by atoms with Crippen molar-refractivity contribution in [3.05, 3.63) is 39.6 Å². The minimum atomic E-state index is 0.669. The molecule has 0 bridgehead atoms. The van der Waals surface area contributed by atoms with E-state index in [1.165, 1.54) is 0 Å². The molecule has 0 saturated heterocycles. The molecule has 1 aromatic heterocycles. The lowest BCUT2D eigenvalue weighted by Crippen LogP contribution is -2.01. The van der Waals surface area contributed by atoms with Crippen molar-refractivity contribution in [2.24, 2.45) is 0 Å². The molecule has 0 aliphatic carbocycles. The molecule has 0 saturated carbocycles. The van der Waals surface area contributed by atoms with Crippen LogP contribution < -0.4 is 5.32 Å². The molecule has 5 heteroatoms.